The van der Waals surface area contributed by atoms with Crippen LogP contribution in [0.15, 0.2) is 24.5 Å². The fourth-order valence-corrected chi connectivity index (χ4v) is 1.50. The molecule has 0 atom stereocenters. The molecule has 78 valence electrons. The fourth-order valence-electron chi connectivity index (χ4n) is 1.50. The number of hydrogen-bond donors (Lipinski definition) is 1. The molecule has 4 nitrogen and oxygen atoms in total. The van der Waals surface area contributed by atoms with Gasteiger partial charge in [-0.05, 0) is 31.5 Å². The summed E-state index contributed by atoms with van der Waals surface area (Å²) in [5, 5.41) is 4.21. The number of rotatable bonds is 2. The second-order valence-corrected chi connectivity index (χ2v) is 3.65. The lowest BCUT2D eigenvalue weighted by atomic mass is 10.2. The Balaban J connectivity index is 2.26. The Morgan fingerprint density at radius 3 is 2.80 bits per heavy atom. The summed E-state index contributed by atoms with van der Waals surface area (Å²) >= 11 is 0. The number of hydrogen-bond acceptors (Lipinski definition) is 3. The van der Waals surface area contributed by atoms with E-state index < -0.39 is 0 Å². The zero-order valence-electron chi connectivity index (χ0n) is 8.94. The number of anilines is 1. The van der Waals surface area contributed by atoms with Crippen molar-refractivity contribution < 1.29 is 0 Å². The van der Waals surface area contributed by atoms with Crippen molar-refractivity contribution in [1.29, 1.82) is 0 Å². The molecular weight excluding hydrogens is 188 g/mol. The summed E-state index contributed by atoms with van der Waals surface area (Å²) in [6.45, 7) is 4.69. The van der Waals surface area contributed by atoms with Crippen LogP contribution in [-0.2, 0) is 6.54 Å². The lowest BCUT2D eigenvalue weighted by molar-refractivity contribution is 0.664. The molecule has 0 bridgehead atoms. The average Bonchev–Trinajstić information content (AvgIpc) is 2.50. The van der Waals surface area contributed by atoms with Crippen molar-refractivity contribution in [3.63, 3.8) is 0 Å². The maximum absolute atomic E-state index is 5.73. The molecule has 4 heteroatoms. The van der Waals surface area contributed by atoms with Crippen LogP contribution in [0.4, 0.5) is 5.69 Å². The number of nitrogens with two attached hydrogens (primary N) is 1. The van der Waals surface area contributed by atoms with E-state index in [0.717, 1.165) is 23.6 Å². The second-order valence-electron chi connectivity index (χ2n) is 3.65. The van der Waals surface area contributed by atoms with Crippen molar-refractivity contribution in [2.75, 3.05) is 5.73 Å². The van der Waals surface area contributed by atoms with Gasteiger partial charge in [-0.2, -0.15) is 5.10 Å². The van der Waals surface area contributed by atoms with Crippen LogP contribution in [0.2, 0.25) is 0 Å². The van der Waals surface area contributed by atoms with Crippen LogP contribution in [0.5, 0.6) is 0 Å². The van der Waals surface area contributed by atoms with Crippen molar-refractivity contribution >= 4 is 5.69 Å². The van der Waals surface area contributed by atoms with E-state index in [1.165, 1.54) is 5.56 Å². The van der Waals surface area contributed by atoms with Crippen molar-refractivity contribution in [3.8, 4) is 0 Å². The van der Waals surface area contributed by atoms with Crippen molar-refractivity contribution in [1.82, 2.24) is 14.8 Å². The third-order valence-electron chi connectivity index (χ3n) is 2.43. The maximum Gasteiger partial charge on any atom is 0.0730 e. The van der Waals surface area contributed by atoms with Gasteiger partial charge in [0, 0.05) is 11.9 Å². The van der Waals surface area contributed by atoms with Crippen LogP contribution in [0.25, 0.3) is 0 Å². The van der Waals surface area contributed by atoms with Gasteiger partial charge in [-0.15, -0.1) is 0 Å². The van der Waals surface area contributed by atoms with Gasteiger partial charge in [0.2, 0.25) is 0 Å². The van der Waals surface area contributed by atoms with Gasteiger partial charge >= 0.3 is 0 Å². The summed E-state index contributed by atoms with van der Waals surface area (Å²) in [6, 6.07) is 4.04. The summed E-state index contributed by atoms with van der Waals surface area (Å²) in [7, 11) is 0. The van der Waals surface area contributed by atoms with Crippen LogP contribution >= 0.6 is 0 Å². The zero-order chi connectivity index (χ0) is 10.8. The summed E-state index contributed by atoms with van der Waals surface area (Å²) in [5.74, 6) is 0. The minimum Gasteiger partial charge on any atom is -0.396 e. The van der Waals surface area contributed by atoms with E-state index in [-0.39, 0.29) is 0 Å². The molecule has 2 aromatic rings. The first-order valence-electron chi connectivity index (χ1n) is 4.86. The molecule has 0 unspecified atom stereocenters. The predicted molar refractivity (Wildman–Crippen MR) is 59.5 cm³/mol. The monoisotopic (exact) mass is 202 g/mol. The molecule has 0 fully saturated rings. The minimum absolute atomic E-state index is 0.737. The SMILES string of the molecule is Cc1cc(Cn2ncc(N)c2C)ccn1. The minimum atomic E-state index is 0.737. The molecule has 0 saturated carbocycles. The molecule has 0 aliphatic rings. The molecule has 0 spiro atoms. The molecule has 0 aliphatic heterocycles. The van der Waals surface area contributed by atoms with Gasteiger partial charge in [0.25, 0.3) is 0 Å². The first-order valence-corrected chi connectivity index (χ1v) is 4.86. The standard InChI is InChI=1S/C11H14N4/c1-8-5-10(3-4-13-8)7-15-9(2)11(12)6-14-15/h3-6H,7,12H2,1-2H3. The number of pyridine rings is 1. The Kier molecular flexibility index (Phi) is 2.41. The number of aryl methyl sites for hydroxylation is 1. The molecule has 0 aliphatic carbocycles. The Hall–Kier alpha value is -1.84. The van der Waals surface area contributed by atoms with Crippen LogP contribution in [0.3, 0.4) is 0 Å². The quantitative estimate of drug-likeness (QED) is 0.803. The summed E-state index contributed by atoms with van der Waals surface area (Å²) in [6.07, 6.45) is 3.50. The normalized spacial score (nSPS) is 10.5. The molecule has 0 aromatic carbocycles. The summed E-state index contributed by atoms with van der Waals surface area (Å²) < 4.78 is 1.89. The van der Waals surface area contributed by atoms with Crippen molar-refractivity contribution in [2.24, 2.45) is 0 Å². The lowest BCUT2D eigenvalue weighted by Crippen LogP contribution is -2.04. The zero-order valence-corrected chi connectivity index (χ0v) is 8.94. The Labute approximate surface area is 88.8 Å². The van der Waals surface area contributed by atoms with E-state index in [1.54, 1.807) is 6.20 Å². The van der Waals surface area contributed by atoms with Crippen molar-refractivity contribution in [3.05, 3.63) is 41.5 Å². The molecule has 2 heterocycles. The molecule has 0 amide bonds. The fraction of sp³-hybridized carbons (Fsp3) is 0.273. The highest BCUT2D eigenvalue weighted by Crippen LogP contribution is 2.11. The van der Waals surface area contributed by atoms with Gasteiger partial charge in [-0.25, -0.2) is 0 Å². The Morgan fingerprint density at radius 2 is 2.20 bits per heavy atom. The highest BCUT2D eigenvalue weighted by atomic mass is 15.3. The summed E-state index contributed by atoms with van der Waals surface area (Å²) in [4.78, 5) is 4.15. The highest BCUT2D eigenvalue weighted by molar-refractivity contribution is 5.40. The van der Waals surface area contributed by atoms with Gasteiger partial charge in [-0.3, -0.25) is 9.67 Å². The van der Waals surface area contributed by atoms with E-state index >= 15 is 0 Å². The molecule has 2 rings (SSSR count). The van der Waals surface area contributed by atoms with Crippen LogP contribution in [0.1, 0.15) is 17.0 Å². The Bertz CT molecular complexity index is 473. The van der Waals surface area contributed by atoms with Gasteiger partial charge in [0.1, 0.15) is 0 Å². The molecular formula is C11H14N4. The van der Waals surface area contributed by atoms with Crippen LogP contribution in [0, 0.1) is 13.8 Å². The van der Waals surface area contributed by atoms with Gasteiger partial charge in [-0.1, -0.05) is 0 Å². The van der Waals surface area contributed by atoms with Gasteiger partial charge in [0.05, 0.1) is 24.1 Å². The first kappa shape index (κ1) is 9.71. The van der Waals surface area contributed by atoms with E-state index in [0.29, 0.717) is 0 Å². The number of nitrogens with zero attached hydrogens (tertiary/aromatic N) is 3. The van der Waals surface area contributed by atoms with E-state index in [1.807, 2.05) is 30.8 Å². The summed E-state index contributed by atoms with van der Waals surface area (Å²) in [5.41, 5.74) is 9.68. The van der Waals surface area contributed by atoms with Crippen LogP contribution in [-0.4, -0.2) is 14.8 Å². The third kappa shape index (κ3) is 1.98. The highest BCUT2D eigenvalue weighted by Gasteiger charge is 2.03. The predicted octanol–water partition coefficient (Wildman–Crippen LogP) is 1.53. The molecule has 15 heavy (non-hydrogen) atoms. The lowest BCUT2D eigenvalue weighted by Gasteiger charge is -2.05. The van der Waals surface area contributed by atoms with E-state index in [4.69, 9.17) is 5.73 Å². The number of nitrogen functional groups attached to an aromatic ring is 1. The average molecular weight is 202 g/mol. The first-order chi connectivity index (χ1) is 7.16. The van der Waals surface area contributed by atoms with Crippen LogP contribution < -0.4 is 5.73 Å². The van der Waals surface area contributed by atoms with E-state index in [2.05, 4.69) is 16.1 Å². The largest absolute Gasteiger partial charge is 0.396 e. The van der Waals surface area contributed by atoms with Gasteiger partial charge in [0.15, 0.2) is 0 Å². The third-order valence-corrected chi connectivity index (χ3v) is 2.43. The molecule has 0 saturated heterocycles. The van der Waals surface area contributed by atoms with Crippen molar-refractivity contribution in [2.45, 2.75) is 20.4 Å². The van der Waals surface area contributed by atoms with Gasteiger partial charge < -0.3 is 5.73 Å². The second kappa shape index (κ2) is 3.73. The van der Waals surface area contributed by atoms with E-state index in [9.17, 15) is 0 Å². The Morgan fingerprint density at radius 1 is 1.40 bits per heavy atom. The topological polar surface area (TPSA) is 56.7 Å². The molecule has 2 aromatic heterocycles. The molecule has 2 N–H and O–H groups in total. The molecule has 0 radical (unpaired) electrons. The smallest absolute Gasteiger partial charge is 0.0730 e. The maximum atomic E-state index is 5.73. The number of aromatic nitrogens is 3.